The first-order valence-electron chi connectivity index (χ1n) is 11.7. The van der Waals surface area contributed by atoms with Gasteiger partial charge in [0.05, 0.1) is 0 Å². The summed E-state index contributed by atoms with van der Waals surface area (Å²) in [5, 5.41) is 13.7. The maximum Gasteiger partial charge on any atom is 0.352 e. The number of ether oxygens (including phenoxy) is 1. The highest BCUT2D eigenvalue weighted by Crippen LogP contribution is 2.40. The highest BCUT2D eigenvalue weighted by Gasteiger charge is 2.54. The van der Waals surface area contributed by atoms with E-state index in [4.69, 9.17) is 4.74 Å². The first-order valence-corrected chi connectivity index (χ1v) is 12.8. The summed E-state index contributed by atoms with van der Waals surface area (Å²) >= 11 is 1.37. The summed E-state index contributed by atoms with van der Waals surface area (Å²) in [4.78, 5) is 52.2. The first kappa shape index (κ1) is 24.6. The lowest BCUT2D eigenvalue weighted by atomic mass is 9.96. The van der Waals surface area contributed by atoms with Crippen LogP contribution in [0, 0.1) is 0 Å². The second-order valence-electron chi connectivity index (χ2n) is 8.96. The number of aliphatic carboxylic acids is 1. The molecular formula is C28H24N2O6S. The van der Waals surface area contributed by atoms with Crippen LogP contribution in [0.25, 0.3) is 10.8 Å². The number of carbonyl (C=O) groups is 4. The number of carbonyl (C=O) groups excluding carboxylic acids is 3. The topological polar surface area (TPSA) is 113 Å². The number of carboxylic acids is 1. The number of hydrogen-bond donors (Lipinski definition) is 2. The van der Waals surface area contributed by atoms with Crippen LogP contribution in [0.1, 0.15) is 24.0 Å². The summed E-state index contributed by atoms with van der Waals surface area (Å²) in [6.07, 6.45) is 0. The van der Waals surface area contributed by atoms with Crippen molar-refractivity contribution in [1.82, 2.24) is 10.2 Å². The summed E-state index contributed by atoms with van der Waals surface area (Å²) in [7, 11) is 0. The fourth-order valence-electron chi connectivity index (χ4n) is 4.62. The molecule has 9 heteroatoms. The molecule has 2 aliphatic heterocycles. The lowest BCUT2D eigenvalue weighted by Crippen LogP contribution is -2.71. The molecule has 0 bridgehead atoms. The van der Waals surface area contributed by atoms with Crippen LogP contribution in [0.5, 0.6) is 0 Å². The van der Waals surface area contributed by atoms with Crippen molar-refractivity contribution < 1.29 is 29.0 Å². The molecule has 0 spiro atoms. The fraction of sp³-hybridized carbons (Fsp3) is 0.214. The van der Waals surface area contributed by atoms with Crippen LogP contribution in [-0.2, 0) is 30.5 Å². The largest absolute Gasteiger partial charge is 0.477 e. The van der Waals surface area contributed by atoms with E-state index < -0.39 is 41.1 Å². The van der Waals surface area contributed by atoms with Gasteiger partial charge in [-0.3, -0.25) is 19.3 Å². The lowest BCUT2D eigenvalue weighted by molar-refractivity contribution is -0.154. The SMILES string of the molecule is CC1=C(C(=O)O)N2C(=O)C(NC(=O)C(C(=O)OCc3ccc4ccccc4c3)c3ccccc3)[C@H]2SC1. The van der Waals surface area contributed by atoms with E-state index in [1.165, 1.54) is 16.7 Å². The minimum atomic E-state index is -1.28. The molecule has 8 nitrogen and oxygen atoms in total. The Morgan fingerprint density at radius 1 is 1.05 bits per heavy atom. The Morgan fingerprint density at radius 3 is 2.49 bits per heavy atom. The number of β-lactam (4-membered cyclic amide) rings is 1. The van der Waals surface area contributed by atoms with Crippen LogP contribution in [0.4, 0.5) is 0 Å². The number of esters is 1. The van der Waals surface area contributed by atoms with Gasteiger partial charge in [0.2, 0.25) is 5.91 Å². The van der Waals surface area contributed by atoms with E-state index in [-0.39, 0.29) is 12.3 Å². The number of nitrogens with zero attached hydrogens (tertiary/aromatic N) is 1. The van der Waals surface area contributed by atoms with Crippen LogP contribution in [0.3, 0.4) is 0 Å². The maximum atomic E-state index is 13.4. The van der Waals surface area contributed by atoms with E-state index in [1.54, 1.807) is 37.3 Å². The Labute approximate surface area is 217 Å². The zero-order valence-electron chi connectivity index (χ0n) is 19.9. The third kappa shape index (κ3) is 4.70. The van der Waals surface area contributed by atoms with Crippen molar-refractivity contribution in [1.29, 1.82) is 0 Å². The van der Waals surface area contributed by atoms with E-state index >= 15 is 0 Å². The third-order valence-corrected chi connectivity index (χ3v) is 7.91. The van der Waals surface area contributed by atoms with Crippen molar-refractivity contribution in [3.05, 3.63) is 95.2 Å². The molecule has 1 saturated heterocycles. The van der Waals surface area contributed by atoms with Gasteiger partial charge in [0, 0.05) is 5.75 Å². The van der Waals surface area contributed by atoms with Gasteiger partial charge in [-0.25, -0.2) is 4.79 Å². The molecule has 3 aromatic rings. The van der Waals surface area contributed by atoms with Crippen molar-refractivity contribution in [2.24, 2.45) is 0 Å². The van der Waals surface area contributed by atoms with Gasteiger partial charge < -0.3 is 15.2 Å². The van der Waals surface area contributed by atoms with E-state index in [1.807, 2.05) is 42.5 Å². The highest BCUT2D eigenvalue weighted by molar-refractivity contribution is 8.00. The van der Waals surface area contributed by atoms with E-state index in [2.05, 4.69) is 5.32 Å². The van der Waals surface area contributed by atoms with E-state index in [0.29, 0.717) is 16.9 Å². The van der Waals surface area contributed by atoms with Gasteiger partial charge in [0.15, 0.2) is 5.92 Å². The molecule has 2 N–H and O–H groups in total. The average molecular weight is 517 g/mol. The monoisotopic (exact) mass is 516 g/mol. The van der Waals surface area contributed by atoms with E-state index in [9.17, 15) is 24.3 Å². The van der Waals surface area contributed by atoms with Gasteiger partial charge >= 0.3 is 11.9 Å². The first-order chi connectivity index (χ1) is 17.8. The Kier molecular flexibility index (Phi) is 6.71. The number of rotatable bonds is 7. The predicted molar refractivity (Wildman–Crippen MR) is 138 cm³/mol. The second-order valence-corrected chi connectivity index (χ2v) is 10.1. The predicted octanol–water partition coefficient (Wildman–Crippen LogP) is 3.43. The van der Waals surface area contributed by atoms with Gasteiger partial charge in [0.25, 0.3) is 5.91 Å². The number of carboxylic acid groups (broad SMARTS) is 1. The van der Waals surface area contributed by atoms with Crippen molar-refractivity contribution in [2.45, 2.75) is 30.9 Å². The zero-order valence-corrected chi connectivity index (χ0v) is 20.7. The maximum absolute atomic E-state index is 13.4. The number of nitrogens with one attached hydrogen (secondary N) is 1. The summed E-state index contributed by atoms with van der Waals surface area (Å²) in [5.41, 5.74) is 1.76. The lowest BCUT2D eigenvalue weighted by Gasteiger charge is -2.49. The Balaban J connectivity index is 1.32. The van der Waals surface area contributed by atoms with Gasteiger partial charge in [-0.05, 0) is 40.5 Å². The minimum absolute atomic E-state index is 0.0130. The van der Waals surface area contributed by atoms with Gasteiger partial charge in [-0.2, -0.15) is 0 Å². The molecule has 1 fully saturated rings. The Bertz CT molecular complexity index is 1440. The molecule has 5 rings (SSSR count). The van der Waals surface area contributed by atoms with Gasteiger partial charge in [-0.15, -0.1) is 11.8 Å². The van der Waals surface area contributed by atoms with Crippen molar-refractivity contribution >= 4 is 46.3 Å². The molecule has 3 aromatic carbocycles. The smallest absolute Gasteiger partial charge is 0.352 e. The van der Waals surface area contributed by atoms with Gasteiger partial charge in [0.1, 0.15) is 23.7 Å². The van der Waals surface area contributed by atoms with Crippen LogP contribution in [0.15, 0.2) is 84.1 Å². The summed E-state index contributed by atoms with van der Waals surface area (Å²) in [6, 6.07) is 21.1. The Morgan fingerprint density at radius 2 is 1.76 bits per heavy atom. The number of hydrogen-bond acceptors (Lipinski definition) is 6. The highest BCUT2D eigenvalue weighted by atomic mass is 32.2. The number of benzene rings is 3. The fourth-order valence-corrected chi connectivity index (χ4v) is 5.91. The van der Waals surface area contributed by atoms with Crippen LogP contribution in [-0.4, -0.2) is 50.9 Å². The van der Waals surface area contributed by atoms with Crippen molar-refractivity contribution in [3.8, 4) is 0 Å². The normalized spacial score (nSPS) is 19.6. The summed E-state index contributed by atoms with van der Waals surface area (Å²) < 4.78 is 5.56. The van der Waals surface area contributed by atoms with Gasteiger partial charge in [-0.1, -0.05) is 66.7 Å². The standard InChI is InChI=1S/C28H24N2O6S/c1-16-15-37-26-22(25(32)30(26)23(16)27(33)34)29-24(31)21(19-8-3-2-4-9-19)28(35)36-14-17-11-12-18-7-5-6-10-20(18)13-17/h2-13,21-22,26H,14-15H2,1H3,(H,29,31)(H,33,34)/t21?,22?,26-/m1/s1. The third-order valence-electron chi connectivity index (χ3n) is 6.48. The Hall–Kier alpha value is -4.11. The second kappa shape index (κ2) is 10.1. The molecule has 37 heavy (non-hydrogen) atoms. The quantitative estimate of drug-likeness (QED) is 0.281. The average Bonchev–Trinajstić information content (AvgIpc) is 2.90. The summed E-state index contributed by atoms with van der Waals surface area (Å²) in [6.45, 7) is 1.66. The number of fused-ring (bicyclic) bond motifs is 2. The molecule has 2 heterocycles. The van der Waals surface area contributed by atoms with E-state index in [0.717, 1.165) is 16.3 Å². The molecular weight excluding hydrogens is 492 g/mol. The molecule has 0 aliphatic carbocycles. The molecule has 2 amide bonds. The molecule has 3 atom stereocenters. The van der Waals surface area contributed by atoms with Crippen LogP contribution < -0.4 is 5.32 Å². The molecule has 2 aliphatic rings. The summed E-state index contributed by atoms with van der Waals surface area (Å²) in [5.74, 6) is -3.96. The number of amides is 2. The minimum Gasteiger partial charge on any atom is -0.477 e. The molecule has 0 aromatic heterocycles. The van der Waals surface area contributed by atoms with Crippen LogP contribution >= 0.6 is 11.8 Å². The number of thioether (sulfide) groups is 1. The molecule has 188 valence electrons. The molecule has 0 radical (unpaired) electrons. The van der Waals surface area contributed by atoms with Crippen molar-refractivity contribution in [3.63, 3.8) is 0 Å². The van der Waals surface area contributed by atoms with Crippen LogP contribution in [0.2, 0.25) is 0 Å². The van der Waals surface area contributed by atoms with Crippen molar-refractivity contribution in [2.75, 3.05) is 5.75 Å². The molecule has 2 unspecified atom stereocenters. The zero-order chi connectivity index (χ0) is 26.1. The molecule has 0 saturated carbocycles.